The third kappa shape index (κ3) is 4.68. The van der Waals surface area contributed by atoms with E-state index in [9.17, 15) is 9.59 Å². The number of nitrogens with zero attached hydrogens (tertiary/aromatic N) is 3. The quantitative estimate of drug-likeness (QED) is 0.530. The average Bonchev–Trinajstić information content (AvgIpc) is 3.10. The van der Waals surface area contributed by atoms with Crippen molar-refractivity contribution in [1.29, 1.82) is 0 Å². The lowest BCUT2D eigenvalue weighted by Gasteiger charge is -2.17. The Morgan fingerprint density at radius 1 is 0.968 bits per heavy atom. The maximum atomic E-state index is 12.7. The maximum absolute atomic E-state index is 12.7. The minimum Gasteiger partial charge on any atom is -0.490 e. The number of carbonyl (C=O) groups excluding carboxylic acids is 2. The number of fused-ring (bicyclic) bond motifs is 1. The summed E-state index contributed by atoms with van der Waals surface area (Å²) in [5.74, 6) is 0.129. The van der Waals surface area contributed by atoms with Crippen molar-refractivity contribution in [3.8, 4) is 17.2 Å². The predicted molar refractivity (Wildman–Crippen MR) is 113 cm³/mol. The first-order valence-electron chi connectivity index (χ1n) is 9.97. The average molecular weight is 427 g/mol. The monoisotopic (exact) mass is 427 g/mol. The molecule has 2 amide bonds. The molecule has 0 atom stereocenters. The molecule has 2 heterocycles. The molecule has 0 saturated carbocycles. The minimum atomic E-state index is -0.541. The highest BCUT2D eigenvalue weighted by atomic mass is 16.5. The number of hydrazine groups is 1. The maximum Gasteiger partial charge on any atom is 0.275 e. The molecule has 0 radical (unpaired) electrons. The third-order valence-electron chi connectivity index (χ3n) is 4.26. The number of aryl methyl sites for hydroxylation is 1. The molecule has 3 rings (SSSR count). The van der Waals surface area contributed by atoms with Gasteiger partial charge >= 0.3 is 0 Å². The van der Waals surface area contributed by atoms with E-state index in [1.807, 2.05) is 20.8 Å². The first-order valence-corrected chi connectivity index (χ1v) is 9.97. The molecule has 0 spiro atoms. The zero-order valence-corrected chi connectivity index (χ0v) is 17.9. The van der Waals surface area contributed by atoms with Crippen molar-refractivity contribution in [3.63, 3.8) is 0 Å². The summed E-state index contributed by atoms with van der Waals surface area (Å²) in [6, 6.07) is 4.79. The van der Waals surface area contributed by atoms with Gasteiger partial charge in [-0.1, -0.05) is 0 Å². The molecule has 10 nitrogen and oxygen atoms in total. The van der Waals surface area contributed by atoms with Crippen molar-refractivity contribution >= 4 is 17.5 Å². The molecular weight excluding hydrogens is 402 g/mol. The van der Waals surface area contributed by atoms with E-state index in [1.54, 1.807) is 37.5 Å². The van der Waals surface area contributed by atoms with Gasteiger partial charge < -0.3 is 14.2 Å². The summed E-state index contributed by atoms with van der Waals surface area (Å²) in [5, 5.41) is 4.24. The molecule has 2 N–H and O–H groups in total. The van der Waals surface area contributed by atoms with Gasteiger partial charge in [0.25, 0.3) is 11.8 Å². The molecule has 10 heteroatoms. The Morgan fingerprint density at radius 3 is 2.19 bits per heavy atom. The number of carbonyl (C=O) groups is 2. The van der Waals surface area contributed by atoms with Crippen LogP contribution in [0, 0.1) is 6.92 Å². The topological polar surface area (TPSA) is 116 Å². The number of hydrogen-bond donors (Lipinski definition) is 2. The second kappa shape index (κ2) is 9.79. The number of rotatable bonds is 8. The standard InChI is InChI=1S/C21H25N5O5/c1-5-29-15-11-14(12-16(30-6-2)18(15)31-7-3)20(27)23-24-21(28)17-13(4)25-26-10-8-9-22-19(17)26/h8-12H,5-7H2,1-4H3,(H,23,27)(H,24,28). The number of nitrogens with one attached hydrogen (secondary N) is 2. The highest BCUT2D eigenvalue weighted by Crippen LogP contribution is 2.39. The fourth-order valence-electron chi connectivity index (χ4n) is 3.03. The number of aromatic nitrogens is 3. The van der Waals surface area contributed by atoms with Crippen LogP contribution in [0.15, 0.2) is 30.6 Å². The van der Waals surface area contributed by atoms with Gasteiger partial charge in [-0.3, -0.25) is 20.4 Å². The van der Waals surface area contributed by atoms with Crippen LogP contribution < -0.4 is 25.1 Å². The molecule has 1 aromatic carbocycles. The lowest BCUT2D eigenvalue weighted by molar-refractivity contribution is 0.0846. The van der Waals surface area contributed by atoms with Gasteiger partial charge in [0.2, 0.25) is 5.75 Å². The van der Waals surface area contributed by atoms with Gasteiger partial charge in [0.05, 0.1) is 25.5 Å². The predicted octanol–water partition coefficient (Wildman–Crippen LogP) is 2.31. The van der Waals surface area contributed by atoms with E-state index in [1.165, 1.54) is 4.52 Å². The normalized spacial score (nSPS) is 10.6. The van der Waals surface area contributed by atoms with Gasteiger partial charge in [-0.15, -0.1) is 0 Å². The van der Waals surface area contributed by atoms with Crippen molar-refractivity contribution in [2.24, 2.45) is 0 Å². The van der Waals surface area contributed by atoms with E-state index in [2.05, 4.69) is 20.9 Å². The SMILES string of the molecule is CCOc1cc(C(=O)NNC(=O)c2c(C)nn3cccnc23)cc(OCC)c1OCC. The van der Waals surface area contributed by atoms with Crippen molar-refractivity contribution in [1.82, 2.24) is 25.4 Å². The highest BCUT2D eigenvalue weighted by molar-refractivity contribution is 6.03. The summed E-state index contributed by atoms with van der Waals surface area (Å²) in [4.78, 5) is 29.6. The Hall–Kier alpha value is -3.82. The molecule has 31 heavy (non-hydrogen) atoms. The third-order valence-corrected chi connectivity index (χ3v) is 4.26. The van der Waals surface area contributed by atoms with Crippen LogP contribution >= 0.6 is 0 Å². The smallest absolute Gasteiger partial charge is 0.275 e. The van der Waals surface area contributed by atoms with Crippen molar-refractivity contribution < 1.29 is 23.8 Å². The van der Waals surface area contributed by atoms with E-state index in [0.29, 0.717) is 48.4 Å². The van der Waals surface area contributed by atoms with Crippen LogP contribution in [0.3, 0.4) is 0 Å². The van der Waals surface area contributed by atoms with Gasteiger partial charge in [0.1, 0.15) is 5.56 Å². The summed E-state index contributed by atoms with van der Waals surface area (Å²) in [7, 11) is 0. The first-order chi connectivity index (χ1) is 15.0. The number of ether oxygens (including phenoxy) is 3. The summed E-state index contributed by atoms with van der Waals surface area (Å²) >= 11 is 0. The minimum absolute atomic E-state index is 0.241. The molecule has 3 aromatic rings. The molecular formula is C21H25N5O5. The Balaban J connectivity index is 1.82. The first kappa shape index (κ1) is 21.9. The summed E-state index contributed by atoms with van der Waals surface area (Å²) in [6.45, 7) is 8.38. The van der Waals surface area contributed by atoms with Gasteiger partial charge in [0.15, 0.2) is 17.1 Å². The molecule has 0 aliphatic heterocycles. The van der Waals surface area contributed by atoms with E-state index < -0.39 is 11.8 Å². The second-order valence-corrected chi connectivity index (χ2v) is 6.36. The largest absolute Gasteiger partial charge is 0.490 e. The van der Waals surface area contributed by atoms with Crippen molar-refractivity contribution in [2.75, 3.05) is 19.8 Å². The molecule has 0 saturated heterocycles. The molecule has 2 aromatic heterocycles. The van der Waals surface area contributed by atoms with Gasteiger partial charge in [-0.2, -0.15) is 5.10 Å². The van der Waals surface area contributed by atoms with Crippen LogP contribution in [0.1, 0.15) is 47.2 Å². The molecule has 164 valence electrons. The van der Waals surface area contributed by atoms with Crippen LogP contribution in [0.5, 0.6) is 17.2 Å². The molecule has 0 unspecified atom stereocenters. The Labute approximate surface area is 179 Å². The molecule has 0 aliphatic carbocycles. The zero-order chi connectivity index (χ0) is 22.4. The number of benzene rings is 1. The van der Waals surface area contributed by atoms with Crippen LogP contribution in [0.4, 0.5) is 0 Å². The lowest BCUT2D eigenvalue weighted by atomic mass is 10.1. The number of hydrogen-bond acceptors (Lipinski definition) is 7. The fraction of sp³-hybridized carbons (Fsp3) is 0.333. The van der Waals surface area contributed by atoms with E-state index >= 15 is 0 Å². The summed E-state index contributed by atoms with van der Waals surface area (Å²) in [5.41, 5.74) is 6.23. The molecule has 0 fully saturated rings. The second-order valence-electron chi connectivity index (χ2n) is 6.36. The van der Waals surface area contributed by atoms with Gasteiger partial charge in [0, 0.05) is 18.0 Å². The van der Waals surface area contributed by atoms with Crippen molar-refractivity contribution in [2.45, 2.75) is 27.7 Å². The number of amides is 2. The Morgan fingerprint density at radius 2 is 1.58 bits per heavy atom. The molecule has 0 aliphatic rings. The van der Waals surface area contributed by atoms with E-state index in [0.717, 1.165) is 0 Å². The zero-order valence-electron chi connectivity index (χ0n) is 17.9. The van der Waals surface area contributed by atoms with Gasteiger partial charge in [-0.25, -0.2) is 9.50 Å². The summed E-state index contributed by atoms with van der Waals surface area (Å²) < 4.78 is 18.4. The van der Waals surface area contributed by atoms with Crippen LogP contribution in [0.2, 0.25) is 0 Å². The molecule has 0 bridgehead atoms. The fourth-order valence-corrected chi connectivity index (χ4v) is 3.03. The van der Waals surface area contributed by atoms with Crippen LogP contribution in [-0.2, 0) is 0 Å². The van der Waals surface area contributed by atoms with Gasteiger partial charge in [-0.05, 0) is 45.9 Å². The lowest BCUT2D eigenvalue weighted by Crippen LogP contribution is -2.41. The van der Waals surface area contributed by atoms with E-state index in [-0.39, 0.29) is 11.1 Å². The van der Waals surface area contributed by atoms with Crippen LogP contribution in [-0.4, -0.2) is 46.2 Å². The van der Waals surface area contributed by atoms with Crippen molar-refractivity contribution in [3.05, 3.63) is 47.4 Å². The van der Waals surface area contributed by atoms with E-state index in [4.69, 9.17) is 14.2 Å². The Kier molecular flexibility index (Phi) is 6.91. The van der Waals surface area contributed by atoms with Crippen LogP contribution in [0.25, 0.3) is 5.65 Å². The Bertz CT molecular complexity index is 1070. The highest BCUT2D eigenvalue weighted by Gasteiger charge is 2.21. The summed E-state index contributed by atoms with van der Waals surface area (Å²) in [6.07, 6.45) is 3.26.